The minimum Gasteiger partial charge on any atom is -0.507 e. The number of para-hydroxylation sites is 1. The fourth-order valence-corrected chi connectivity index (χ4v) is 4.18. The number of benzene rings is 2. The molecule has 2 aromatic rings. The molecule has 6 nitrogen and oxygen atoms in total. The Balaban J connectivity index is 2.12. The van der Waals surface area contributed by atoms with Gasteiger partial charge in [-0.3, -0.25) is 9.59 Å². The molecule has 1 fully saturated rings. The van der Waals surface area contributed by atoms with Crippen LogP contribution in [-0.2, 0) is 9.59 Å². The summed E-state index contributed by atoms with van der Waals surface area (Å²) in [7, 11) is 1.56. The molecule has 1 N–H and O–H groups in total. The second kappa shape index (κ2) is 11.0. The van der Waals surface area contributed by atoms with Crippen LogP contribution in [0.1, 0.15) is 62.3 Å². The van der Waals surface area contributed by atoms with Crippen molar-refractivity contribution in [2.75, 3.05) is 20.3 Å². The minimum absolute atomic E-state index is 0.0858. The average Bonchev–Trinajstić information content (AvgIpc) is 3.07. The number of carbonyl (C=O) groups is 2. The molecule has 1 aliphatic rings. The highest BCUT2D eigenvalue weighted by atomic mass is 16.5. The van der Waals surface area contributed by atoms with Crippen LogP contribution in [0.5, 0.6) is 11.5 Å². The van der Waals surface area contributed by atoms with E-state index in [0.29, 0.717) is 30.0 Å². The summed E-state index contributed by atoms with van der Waals surface area (Å²) in [6, 6.07) is 11.9. The van der Waals surface area contributed by atoms with Crippen molar-refractivity contribution < 1.29 is 24.2 Å². The fraction of sp³-hybridized carbons (Fsp3) is 0.407. The van der Waals surface area contributed by atoms with Gasteiger partial charge in [-0.2, -0.15) is 0 Å². The van der Waals surface area contributed by atoms with E-state index in [9.17, 15) is 14.7 Å². The maximum Gasteiger partial charge on any atom is 0.295 e. The molecule has 6 heteroatoms. The first-order chi connectivity index (χ1) is 15.9. The maximum absolute atomic E-state index is 13.2. The molecule has 1 unspecified atom stereocenters. The number of methoxy groups -OCH3 is 1. The van der Waals surface area contributed by atoms with Crippen LogP contribution in [0.2, 0.25) is 0 Å². The Hall–Kier alpha value is -3.28. The van der Waals surface area contributed by atoms with Crippen molar-refractivity contribution >= 4 is 17.4 Å². The third-order valence-electron chi connectivity index (χ3n) is 5.89. The Morgan fingerprint density at radius 3 is 2.45 bits per heavy atom. The van der Waals surface area contributed by atoms with E-state index in [1.54, 1.807) is 36.3 Å². The van der Waals surface area contributed by atoms with E-state index in [2.05, 4.69) is 6.92 Å². The minimum atomic E-state index is -0.714. The number of hydrogen-bond donors (Lipinski definition) is 1. The number of aliphatic hydroxyl groups excluding tert-OH is 1. The van der Waals surface area contributed by atoms with Crippen molar-refractivity contribution in [2.45, 2.75) is 52.5 Å². The van der Waals surface area contributed by atoms with Gasteiger partial charge in [0.25, 0.3) is 11.7 Å². The number of aryl methyl sites for hydroxylation is 1. The summed E-state index contributed by atoms with van der Waals surface area (Å²) >= 11 is 0. The lowest BCUT2D eigenvalue weighted by Crippen LogP contribution is -2.30. The van der Waals surface area contributed by atoms with Gasteiger partial charge in [-0.15, -0.1) is 0 Å². The van der Waals surface area contributed by atoms with Gasteiger partial charge in [0.2, 0.25) is 0 Å². The van der Waals surface area contributed by atoms with Gasteiger partial charge in [0.1, 0.15) is 17.3 Å². The molecule has 1 atom stereocenters. The van der Waals surface area contributed by atoms with Gasteiger partial charge in [-0.1, -0.05) is 44.9 Å². The summed E-state index contributed by atoms with van der Waals surface area (Å²) in [5.74, 6) is -0.163. The molecule has 33 heavy (non-hydrogen) atoms. The first-order valence-corrected chi connectivity index (χ1v) is 11.6. The predicted octanol–water partition coefficient (Wildman–Crippen LogP) is 5.40. The largest absolute Gasteiger partial charge is 0.507 e. The third kappa shape index (κ3) is 5.05. The maximum atomic E-state index is 13.2. The molecular formula is C27H33NO5. The number of likely N-dealkylation sites (tertiary alicyclic amines) is 1. The summed E-state index contributed by atoms with van der Waals surface area (Å²) in [5.41, 5.74) is 2.08. The molecule has 3 rings (SSSR count). The third-order valence-corrected chi connectivity index (χ3v) is 5.89. The topological polar surface area (TPSA) is 76.1 Å². The lowest BCUT2D eigenvalue weighted by molar-refractivity contribution is -0.139. The number of ether oxygens (including phenoxy) is 2. The standard InChI is InChI=1S/C27H33NO5/c1-5-7-10-15-28-24(20-11-8-9-12-22(20)32-4)23(26(30)27(28)31)25(29)19-13-14-21(18(3)17-19)33-16-6-2/h8-9,11-14,17,24,29H,5-7,10,15-16H2,1-4H3/b25-23+. The smallest absolute Gasteiger partial charge is 0.295 e. The second-order valence-electron chi connectivity index (χ2n) is 8.27. The van der Waals surface area contributed by atoms with Gasteiger partial charge in [0.15, 0.2) is 0 Å². The first kappa shape index (κ1) is 24.4. The summed E-state index contributed by atoms with van der Waals surface area (Å²) in [5, 5.41) is 11.3. The Morgan fingerprint density at radius 2 is 1.79 bits per heavy atom. The summed E-state index contributed by atoms with van der Waals surface area (Å²) in [6.45, 7) is 7.04. The lowest BCUT2D eigenvalue weighted by atomic mass is 9.94. The van der Waals surface area contributed by atoms with E-state index in [0.717, 1.165) is 37.0 Å². The average molecular weight is 452 g/mol. The van der Waals surface area contributed by atoms with Crippen LogP contribution in [0.4, 0.5) is 0 Å². The molecule has 1 heterocycles. The SMILES string of the molecule is CCCCCN1C(=O)C(=O)/C(=C(/O)c2ccc(OCCC)c(C)c2)C1c1ccccc1OC. The van der Waals surface area contributed by atoms with Gasteiger partial charge in [0, 0.05) is 17.7 Å². The number of hydrogen-bond acceptors (Lipinski definition) is 5. The van der Waals surface area contributed by atoms with Crippen LogP contribution < -0.4 is 9.47 Å². The van der Waals surface area contributed by atoms with Crippen LogP contribution >= 0.6 is 0 Å². The summed E-state index contributed by atoms with van der Waals surface area (Å²) in [6.07, 6.45) is 3.61. The van der Waals surface area contributed by atoms with Crippen molar-refractivity contribution in [1.82, 2.24) is 4.90 Å². The number of rotatable bonds is 10. The summed E-state index contributed by atoms with van der Waals surface area (Å²) < 4.78 is 11.3. The first-order valence-electron chi connectivity index (χ1n) is 11.6. The lowest BCUT2D eigenvalue weighted by Gasteiger charge is -2.26. The van der Waals surface area contributed by atoms with Crippen molar-refractivity contribution in [1.29, 1.82) is 0 Å². The van der Waals surface area contributed by atoms with E-state index >= 15 is 0 Å². The number of Topliss-reactive ketones (excluding diaryl/α,β-unsaturated/α-hetero) is 1. The van der Waals surface area contributed by atoms with Crippen molar-refractivity contribution in [3.05, 3.63) is 64.7 Å². The zero-order valence-corrected chi connectivity index (χ0v) is 19.9. The molecule has 1 amide bonds. The molecule has 0 aliphatic carbocycles. The molecule has 0 aromatic heterocycles. The van der Waals surface area contributed by atoms with Crippen molar-refractivity contribution in [2.24, 2.45) is 0 Å². The van der Waals surface area contributed by atoms with E-state index in [4.69, 9.17) is 9.47 Å². The number of nitrogens with zero attached hydrogens (tertiary/aromatic N) is 1. The fourth-order valence-electron chi connectivity index (χ4n) is 4.18. The number of unbranched alkanes of at least 4 members (excludes halogenated alkanes) is 2. The molecule has 0 saturated carbocycles. The monoisotopic (exact) mass is 451 g/mol. The van der Waals surface area contributed by atoms with Crippen LogP contribution in [0, 0.1) is 6.92 Å². The highest BCUT2D eigenvalue weighted by Crippen LogP contribution is 2.43. The zero-order valence-electron chi connectivity index (χ0n) is 19.9. The zero-order chi connectivity index (χ0) is 24.0. The number of ketones is 1. The Morgan fingerprint density at radius 1 is 1.03 bits per heavy atom. The molecule has 0 radical (unpaired) electrons. The van der Waals surface area contributed by atoms with Crippen LogP contribution in [-0.4, -0.2) is 42.0 Å². The molecule has 1 aliphatic heterocycles. The van der Waals surface area contributed by atoms with Gasteiger partial charge in [0.05, 0.1) is 25.3 Å². The number of amides is 1. The molecule has 0 bridgehead atoms. The molecule has 1 saturated heterocycles. The van der Waals surface area contributed by atoms with Gasteiger partial charge in [-0.25, -0.2) is 0 Å². The molecular weight excluding hydrogens is 418 g/mol. The predicted molar refractivity (Wildman–Crippen MR) is 128 cm³/mol. The van der Waals surface area contributed by atoms with E-state index in [1.165, 1.54) is 0 Å². The van der Waals surface area contributed by atoms with Crippen molar-refractivity contribution in [3.8, 4) is 11.5 Å². The molecule has 2 aromatic carbocycles. The van der Waals surface area contributed by atoms with Gasteiger partial charge >= 0.3 is 0 Å². The van der Waals surface area contributed by atoms with Gasteiger partial charge in [-0.05, 0) is 49.6 Å². The molecule has 0 spiro atoms. The summed E-state index contributed by atoms with van der Waals surface area (Å²) in [4.78, 5) is 27.8. The van der Waals surface area contributed by atoms with E-state index in [-0.39, 0.29) is 11.3 Å². The Kier molecular flexibility index (Phi) is 8.15. The van der Waals surface area contributed by atoms with Crippen LogP contribution in [0.3, 0.4) is 0 Å². The Labute approximate surface area is 195 Å². The van der Waals surface area contributed by atoms with Crippen LogP contribution in [0.25, 0.3) is 5.76 Å². The normalized spacial score (nSPS) is 17.5. The highest BCUT2D eigenvalue weighted by Gasteiger charge is 2.46. The van der Waals surface area contributed by atoms with E-state index in [1.807, 2.05) is 32.0 Å². The number of aliphatic hydroxyl groups is 1. The highest BCUT2D eigenvalue weighted by molar-refractivity contribution is 6.46. The molecule has 176 valence electrons. The quantitative estimate of drug-likeness (QED) is 0.226. The second-order valence-corrected chi connectivity index (χ2v) is 8.27. The van der Waals surface area contributed by atoms with E-state index < -0.39 is 17.7 Å². The van der Waals surface area contributed by atoms with Crippen LogP contribution in [0.15, 0.2) is 48.0 Å². The Bertz CT molecular complexity index is 1040. The number of carbonyl (C=O) groups excluding carboxylic acids is 2. The van der Waals surface area contributed by atoms with Crippen molar-refractivity contribution in [3.63, 3.8) is 0 Å². The van der Waals surface area contributed by atoms with Gasteiger partial charge < -0.3 is 19.5 Å².